The number of pyridine rings is 1. The molecular formula is C20H18N4OS. The third-order valence-corrected chi connectivity index (χ3v) is 4.94. The summed E-state index contributed by atoms with van der Waals surface area (Å²) >= 11 is 1.51. The predicted molar refractivity (Wildman–Crippen MR) is 103 cm³/mol. The first-order chi connectivity index (χ1) is 12.8. The number of fused-ring (bicyclic) bond motifs is 1. The molecule has 4 aromatic rings. The van der Waals surface area contributed by atoms with Gasteiger partial charge in [-0.1, -0.05) is 30.3 Å². The van der Waals surface area contributed by atoms with E-state index in [2.05, 4.69) is 27.4 Å². The zero-order chi connectivity index (χ0) is 17.8. The van der Waals surface area contributed by atoms with Gasteiger partial charge in [0.15, 0.2) is 10.7 Å². The second-order valence-electron chi connectivity index (χ2n) is 5.95. The van der Waals surface area contributed by atoms with Crippen LogP contribution in [0.3, 0.4) is 0 Å². The van der Waals surface area contributed by atoms with Crippen molar-refractivity contribution in [3.05, 3.63) is 77.7 Å². The lowest BCUT2D eigenvalue weighted by molar-refractivity contribution is 0.0949. The average molecular weight is 362 g/mol. The number of imidazole rings is 1. The van der Waals surface area contributed by atoms with Crippen molar-refractivity contribution in [2.75, 3.05) is 6.54 Å². The summed E-state index contributed by atoms with van der Waals surface area (Å²) in [4.78, 5) is 22.2. The number of aromatic nitrogens is 3. The lowest BCUT2D eigenvalue weighted by Crippen LogP contribution is -2.25. The summed E-state index contributed by atoms with van der Waals surface area (Å²) in [5, 5.41) is 4.96. The first-order valence-electron chi connectivity index (χ1n) is 8.51. The molecule has 3 heterocycles. The molecule has 6 heteroatoms. The molecule has 1 N–H and O–H groups in total. The predicted octanol–water partition coefficient (Wildman–Crippen LogP) is 3.82. The van der Waals surface area contributed by atoms with Crippen LogP contribution in [-0.2, 0) is 6.42 Å². The number of nitrogens with one attached hydrogen (secondary N) is 1. The molecule has 0 bridgehead atoms. The van der Waals surface area contributed by atoms with Crippen molar-refractivity contribution in [3.8, 4) is 11.3 Å². The van der Waals surface area contributed by atoms with Crippen LogP contribution in [-0.4, -0.2) is 26.8 Å². The lowest BCUT2D eigenvalue weighted by atomic mass is 10.1. The summed E-state index contributed by atoms with van der Waals surface area (Å²) in [5.74, 6) is -0.146. The molecule has 0 aliphatic rings. The quantitative estimate of drug-likeness (QED) is 0.531. The van der Waals surface area contributed by atoms with E-state index in [-0.39, 0.29) is 5.91 Å². The summed E-state index contributed by atoms with van der Waals surface area (Å²) in [6.45, 7) is 0.616. The van der Waals surface area contributed by atoms with E-state index in [1.165, 1.54) is 16.9 Å². The Morgan fingerprint density at radius 3 is 2.85 bits per heavy atom. The number of hydrogen-bond donors (Lipinski definition) is 1. The minimum Gasteiger partial charge on any atom is -0.351 e. The van der Waals surface area contributed by atoms with Gasteiger partial charge in [-0.05, 0) is 30.5 Å². The van der Waals surface area contributed by atoms with E-state index in [0.29, 0.717) is 12.2 Å². The molecule has 4 rings (SSSR count). The van der Waals surface area contributed by atoms with Gasteiger partial charge in [0, 0.05) is 36.1 Å². The molecule has 0 saturated carbocycles. The maximum absolute atomic E-state index is 12.7. The fourth-order valence-electron chi connectivity index (χ4n) is 2.95. The number of nitrogens with zero attached hydrogens (tertiary/aromatic N) is 3. The van der Waals surface area contributed by atoms with Crippen LogP contribution in [0.4, 0.5) is 0 Å². The van der Waals surface area contributed by atoms with Gasteiger partial charge < -0.3 is 5.32 Å². The van der Waals surface area contributed by atoms with Crippen LogP contribution in [0.1, 0.15) is 22.5 Å². The number of aryl methyl sites for hydroxylation is 1. The summed E-state index contributed by atoms with van der Waals surface area (Å²) in [5.41, 5.74) is 3.40. The molecule has 0 aliphatic carbocycles. The molecule has 0 radical (unpaired) electrons. The van der Waals surface area contributed by atoms with E-state index < -0.39 is 0 Å². The van der Waals surface area contributed by atoms with Gasteiger partial charge in [0.2, 0.25) is 0 Å². The second kappa shape index (κ2) is 7.49. The lowest BCUT2D eigenvalue weighted by Gasteiger charge is -2.06. The van der Waals surface area contributed by atoms with Crippen molar-refractivity contribution in [2.45, 2.75) is 12.8 Å². The number of carbonyl (C=O) groups excluding carboxylic acids is 1. The van der Waals surface area contributed by atoms with E-state index in [1.54, 1.807) is 12.4 Å². The van der Waals surface area contributed by atoms with E-state index in [1.807, 2.05) is 46.3 Å². The molecule has 3 aromatic heterocycles. The molecule has 0 spiro atoms. The third kappa shape index (κ3) is 3.36. The number of thiazole rings is 1. The molecule has 0 fully saturated rings. The Hall–Kier alpha value is -2.99. The van der Waals surface area contributed by atoms with E-state index in [4.69, 9.17) is 0 Å². The van der Waals surface area contributed by atoms with Crippen LogP contribution < -0.4 is 5.32 Å². The van der Waals surface area contributed by atoms with Gasteiger partial charge in [0.1, 0.15) is 0 Å². The standard InChI is InChI=1S/C20H18N4OS/c25-19(22-11-4-8-15-6-2-1-3-7-15)17-18(16-9-5-10-21-14-16)24-12-13-26-20(24)23-17/h1-3,5-7,9-10,12-14H,4,8,11H2,(H,22,25). The number of rotatable bonds is 6. The van der Waals surface area contributed by atoms with Crippen LogP contribution in [0.15, 0.2) is 66.4 Å². The molecule has 1 amide bonds. The Labute approximate surface area is 155 Å². The van der Waals surface area contributed by atoms with Gasteiger partial charge in [0.25, 0.3) is 5.91 Å². The highest BCUT2D eigenvalue weighted by atomic mass is 32.1. The Morgan fingerprint density at radius 1 is 1.15 bits per heavy atom. The maximum atomic E-state index is 12.7. The average Bonchev–Trinajstić information content (AvgIpc) is 3.28. The topological polar surface area (TPSA) is 59.3 Å². The Kier molecular flexibility index (Phi) is 4.75. The number of carbonyl (C=O) groups is 1. The van der Waals surface area contributed by atoms with Crippen LogP contribution in [0.25, 0.3) is 16.2 Å². The minimum atomic E-state index is -0.146. The highest BCUT2D eigenvalue weighted by Gasteiger charge is 2.20. The SMILES string of the molecule is O=C(NCCCc1ccccc1)c1nc2sccn2c1-c1cccnc1. The number of hydrogen-bond acceptors (Lipinski definition) is 4. The maximum Gasteiger partial charge on any atom is 0.272 e. The summed E-state index contributed by atoms with van der Waals surface area (Å²) in [6, 6.07) is 14.1. The van der Waals surface area contributed by atoms with E-state index in [9.17, 15) is 4.79 Å². The van der Waals surface area contributed by atoms with Gasteiger partial charge >= 0.3 is 0 Å². The van der Waals surface area contributed by atoms with Gasteiger partial charge in [-0.25, -0.2) is 4.98 Å². The molecule has 0 atom stereocenters. The molecular weight excluding hydrogens is 344 g/mol. The molecule has 1 aromatic carbocycles. The van der Waals surface area contributed by atoms with Gasteiger partial charge in [-0.15, -0.1) is 11.3 Å². The van der Waals surface area contributed by atoms with Crippen molar-refractivity contribution < 1.29 is 4.79 Å². The Balaban J connectivity index is 1.49. The zero-order valence-corrected chi connectivity index (χ0v) is 14.9. The van der Waals surface area contributed by atoms with Crippen molar-refractivity contribution >= 4 is 22.2 Å². The molecule has 26 heavy (non-hydrogen) atoms. The van der Waals surface area contributed by atoms with E-state index in [0.717, 1.165) is 29.1 Å². The summed E-state index contributed by atoms with van der Waals surface area (Å²) in [6.07, 6.45) is 7.24. The van der Waals surface area contributed by atoms with Crippen LogP contribution in [0.5, 0.6) is 0 Å². The zero-order valence-electron chi connectivity index (χ0n) is 14.1. The molecule has 0 saturated heterocycles. The van der Waals surface area contributed by atoms with E-state index >= 15 is 0 Å². The fourth-order valence-corrected chi connectivity index (χ4v) is 3.66. The van der Waals surface area contributed by atoms with Crippen LogP contribution in [0, 0.1) is 0 Å². The van der Waals surface area contributed by atoms with Gasteiger partial charge in [-0.3, -0.25) is 14.2 Å². The van der Waals surface area contributed by atoms with Crippen LogP contribution >= 0.6 is 11.3 Å². The monoisotopic (exact) mass is 362 g/mol. The highest BCUT2D eigenvalue weighted by Crippen LogP contribution is 2.26. The Bertz CT molecular complexity index is 1010. The minimum absolute atomic E-state index is 0.146. The van der Waals surface area contributed by atoms with Gasteiger partial charge in [-0.2, -0.15) is 0 Å². The first-order valence-corrected chi connectivity index (χ1v) is 9.39. The van der Waals surface area contributed by atoms with Crippen molar-refractivity contribution in [3.63, 3.8) is 0 Å². The third-order valence-electron chi connectivity index (χ3n) is 4.18. The smallest absolute Gasteiger partial charge is 0.272 e. The van der Waals surface area contributed by atoms with Gasteiger partial charge in [0.05, 0.1) is 5.69 Å². The summed E-state index contributed by atoms with van der Waals surface area (Å²) < 4.78 is 1.95. The van der Waals surface area contributed by atoms with Crippen molar-refractivity contribution in [2.24, 2.45) is 0 Å². The Morgan fingerprint density at radius 2 is 2.04 bits per heavy atom. The second-order valence-corrected chi connectivity index (χ2v) is 6.82. The molecule has 5 nitrogen and oxygen atoms in total. The van der Waals surface area contributed by atoms with Crippen LogP contribution in [0.2, 0.25) is 0 Å². The number of benzene rings is 1. The first kappa shape index (κ1) is 16.5. The largest absolute Gasteiger partial charge is 0.351 e. The molecule has 0 aliphatic heterocycles. The molecule has 130 valence electrons. The normalized spacial score (nSPS) is 10.9. The number of amides is 1. The van der Waals surface area contributed by atoms with Crippen molar-refractivity contribution in [1.82, 2.24) is 19.7 Å². The highest BCUT2D eigenvalue weighted by molar-refractivity contribution is 7.15. The molecule has 0 unspecified atom stereocenters. The summed E-state index contributed by atoms with van der Waals surface area (Å²) in [7, 11) is 0. The van der Waals surface area contributed by atoms with Crippen molar-refractivity contribution in [1.29, 1.82) is 0 Å². The fraction of sp³-hybridized carbons (Fsp3) is 0.150.